The Morgan fingerprint density at radius 3 is 2.55 bits per heavy atom. The van der Waals surface area contributed by atoms with Crippen molar-refractivity contribution in [1.82, 2.24) is 35.2 Å². The predicted molar refractivity (Wildman–Crippen MR) is 189 cm³/mol. The molecule has 4 heterocycles. The van der Waals surface area contributed by atoms with Gasteiger partial charge in [-0.3, -0.25) is 29.1 Å². The number of ether oxygens (including phenoxy) is 1. The summed E-state index contributed by atoms with van der Waals surface area (Å²) in [6.45, 7) is -0.235. The maximum Gasteiger partial charge on any atom is 0.405 e. The topological polar surface area (TPSA) is 145 Å². The van der Waals surface area contributed by atoms with Gasteiger partial charge in [0.05, 0.1) is 18.3 Å². The minimum absolute atomic E-state index is 0.00413. The molecule has 6 rings (SSSR count). The van der Waals surface area contributed by atoms with E-state index in [1.807, 2.05) is 59.9 Å². The average Bonchev–Trinajstić information content (AvgIpc) is 3.58. The van der Waals surface area contributed by atoms with Crippen molar-refractivity contribution in [3.8, 4) is 16.9 Å². The molecule has 0 saturated carbocycles. The summed E-state index contributed by atoms with van der Waals surface area (Å²) in [5.41, 5.74) is 4.12. The third kappa shape index (κ3) is 10.2. The molecule has 0 aliphatic carbocycles. The highest BCUT2D eigenvalue weighted by Gasteiger charge is 2.37. The Kier molecular flexibility index (Phi) is 12.1. The second-order valence-electron chi connectivity index (χ2n) is 13.7. The van der Waals surface area contributed by atoms with Crippen LogP contribution in [0.1, 0.15) is 29.2 Å². The number of fused-ring (bicyclic) bond motifs is 1. The lowest BCUT2D eigenvalue weighted by Gasteiger charge is -2.41. The number of aliphatic hydroxyl groups is 2. The van der Waals surface area contributed by atoms with Crippen LogP contribution in [0.15, 0.2) is 85.5 Å². The number of rotatable bonds is 13. The molecular weight excluding hydrogens is 691 g/mol. The maximum absolute atomic E-state index is 13.9. The number of hydrogen-bond donors (Lipinski definition) is 4. The van der Waals surface area contributed by atoms with Gasteiger partial charge >= 0.3 is 6.18 Å². The van der Waals surface area contributed by atoms with Crippen LogP contribution in [0.5, 0.6) is 5.75 Å². The molecule has 0 spiro atoms. The molecule has 1 saturated heterocycles. The zero-order chi connectivity index (χ0) is 37.5. The summed E-state index contributed by atoms with van der Waals surface area (Å²) in [4.78, 5) is 35.3. The molecule has 282 valence electrons. The Morgan fingerprint density at radius 2 is 1.79 bits per heavy atom. The Balaban J connectivity index is 1.16. The van der Waals surface area contributed by atoms with Crippen molar-refractivity contribution < 1.29 is 37.7 Å². The van der Waals surface area contributed by atoms with Gasteiger partial charge in [-0.05, 0) is 36.1 Å². The van der Waals surface area contributed by atoms with E-state index in [-0.39, 0.29) is 38.6 Å². The van der Waals surface area contributed by atoms with Crippen LogP contribution in [-0.4, -0.2) is 110 Å². The number of hydrogen-bond acceptors (Lipinski definition) is 9. The molecule has 2 aromatic heterocycles. The van der Waals surface area contributed by atoms with Crippen LogP contribution >= 0.6 is 0 Å². The van der Waals surface area contributed by atoms with Crippen molar-refractivity contribution in [2.24, 2.45) is 13.0 Å². The SMILES string of the molecule is Cn1cc(-c2cncc(CN3CCN(C[C@@H](O)C[C@@H](Cc4ccccc4)C(=O)N[C@H]4c5ccccc5OC[C@H]4O)[C@H](C(=O)NCC(F)(F)F)C3)c2)cn1. The van der Waals surface area contributed by atoms with Crippen LogP contribution in [0, 0.1) is 5.92 Å². The molecule has 12 nitrogen and oxygen atoms in total. The number of aryl methyl sites for hydroxylation is 1. The van der Waals surface area contributed by atoms with Crippen molar-refractivity contribution in [1.29, 1.82) is 0 Å². The molecule has 0 radical (unpaired) electrons. The van der Waals surface area contributed by atoms with E-state index >= 15 is 0 Å². The van der Waals surface area contributed by atoms with Crippen LogP contribution in [-0.2, 0) is 29.6 Å². The van der Waals surface area contributed by atoms with Crippen LogP contribution < -0.4 is 15.4 Å². The standard InChI is InChI=1S/C38H44F3N7O5/c1-46-20-29(18-44-46)28-14-26(16-42-17-28)19-47-11-12-48(32(22-47)37(52)43-24-38(39,40)41)21-30(49)15-27(13-25-7-3-2-4-8-25)36(51)45-35-31-9-5-6-10-34(31)53-23-33(35)50/h2-10,14,16-18,20,27,30,32-33,35,49-50H,11-13,15,19,21-24H2,1H3,(H,43,52)(H,45,51)/t27-,30+,32+,33-,35+/m1/s1. The average molecular weight is 736 g/mol. The summed E-state index contributed by atoms with van der Waals surface area (Å²) in [5, 5.41) is 31.5. The van der Waals surface area contributed by atoms with E-state index < -0.39 is 48.8 Å². The summed E-state index contributed by atoms with van der Waals surface area (Å²) >= 11 is 0. The van der Waals surface area contributed by atoms with Gasteiger partial charge in [-0.2, -0.15) is 18.3 Å². The van der Waals surface area contributed by atoms with E-state index in [1.165, 1.54) is 0 Å². The number of carbonyl (C=O) groups is 2. The largest absolute Gasteiger partial charge is 0.490 e. The minimum atomic E-state index is -4.59. The molecule has 2 aliphatic rings. The monoisotopic (exact) mass is 735 g/mol. The van der Waals surface area contributed by atoms with Gasteiger partial charge < -0.3 is 25.6 Å². The van der Waals surface area contributed by atoms with E-state index in [4.69, 9.17) is 4.74 Å². The first kappa shape index (κ1) is 37.9. The number of amides is 2. The fourth-order valence-corrected chi connectivity index (χ4v) is 7.00. The molecular formula is C38H44F3N7O5. The Hall–Kier alpha value is -4.83. The van der Waals surface area contributed by atoms with Gasteiger partial charge in [0, 0.05) is 81.0 Å². The van der Waals surface area contributed by atoms with Gasteiger partial charge in [-0.1, -0.05) is 48.5 Å². The zero-order valence-corrected chi connectivity index (χ0v) is 29.3. The fraction of sp³-hybridized carbons (Fsp3) is 0.421. The molecule has 2 amide bonds. The van der Waals surface area contributed by atoms with Crippen molar-refractivity contribution >= 4 is 11.8 Å². The van der Waals surface area contributed by atoms with Gasteiger partial charge in [0.1, 0.15) is 31.0 Å². The number of benzene rings is 2. The Morgan fingerprint density at radius 1 is 1.02 bits per heavy atom. The number of para-hydroxylation sites is 1. The summed E-state index contributed by atoms with van der Waals surface area (Å²) in [6, 6.07) is 16.7. The highest BCUT2D eigenvalue weighted by molar-refractivity contribution is 5.82. The molecule has 1 fully saturated rings. The highest BCUT2D eigenvalue weighted by Crippen LogP contribution is 2.32. The quantitative estimate of drug-likeness (QED) is 0.163. The Labute approximate surface area is 305 Å². The summed E-state index contributed by atoms with van der Waals surface area (Å²) in [7, 11) is 1.82. The van der Waals surface area contributed by atoms with Crippen molar-refractivity contribution in [2.75, 3.05) is 39.3 Å². The van der Waals surface area contributed by atoms with E-state index in [0.717, 1.165) is 22.3 Å². The van der Waals surface area contributed by atoms with Crippen LogP contribution in [0.2, 0.25) is 0 Å². The number of pyridine rings is 1. The molecule has 5 atom stereocenters. The van der Waals surface area contributed by atoms with Gasteiger partial charge in [0.25, 0.3) is 0 Å². The highest BCUT2D eigenvalue weighted by atomic mass is 19.4. The van der Waals surface area contributed by atoms with Crippen LogP contribution in [0.3, 0.4) is 0 Å². The molecule has 2 aliphatic heterocycles. The lowest BCUT2D eigenvalue weighted by atomic mass is 9.90. The maximum atomic E-state index is 13.9. The third-order valence-electron chi connectivity index (χ3n) is 9.62. The molecule has 0 unspecified atom stereocenters. The normalized spacial score (nSPS) is 20.5. The van der Waals surface area contributed by atoms with Crippen LogP contribution in [0.25, 0.3) is 11.1 Å². The number of aromatic nitrogens is 3. The van der Waals surface area contributed by atoms with Crippen LogP contribution in [0.4, 0.5) is 13.2 Å². The first-order valence-corrected chi connectivity index (χ1v) is 17.6. The van der Waals surface area contributed by atoms with E-state index in [2.05, 4.69) is 15.4 Å². The van der Waals surface area contributed by atoms with Crippen molar-refractivity contribution in [2.45, 2.75) is 49.9 Å². The summed E-state index contributed by atoms with van der Waals surface area (Å²) < 4.78 is 46.8. The number of alkyl halides is 3. The number of halogens is 3. The lowest BCUT2D eigenvalue weighted by molar-refractivity contribution is -0.143. The second kappa shape index (κ2) is 16.9. The van der Waals surface area contributed by atoms with Gasteiger partial charge in [0.2, 0.25) is 11.8 Å². The van der Waals surface area contributed by atoms with E-state index in [9.17, 15) is 33.0 Å². The number of β-amino-alcohol motifs (C(OH)–C–C–N with tert-alkyl or cyclic N) is 1. The number of aliphatic hydroxyl groups excluding tert-OH is 2. The Bertz CT molecular complexity index is 1840. The number of nitrogens with zero attached hydrogens (tertiary/aromatic N) is 5. The van der Waals surface area contributed by atoms with Gasteiger partial charge in [-0.25, -0.2) is 0 Å². The molecule has 4 N–H and O–H groups in total. The molecule has 0 bridgehead atoms. The van der Waals surface area contributed by atoms with E-state index in [0.29, 0.717) is 30.8 Å². The molecule has 4 aromatic rings. The van der Waals surface area contributed by atoms with Crippen molar-refractivity contribution in [3.05, 3.63) is 102 Å². The summed E-state index contributed by atoms with van der Waals surface area (Å²) in [5.74, 6) is -1.34. The van der Waals surface area contributed by atoms with E-state index in [1.54, 1.807) is 52.4 Å². The molecule has 53 heavy (non-hydrogen) atoms. The summed E-state index contributed by atoms with van der Waals surface area (Å²) in [6.07, 6.45) is 0.645. The fourth-order valence-electron chi connectivity index (χ4n) is 7.00. The number of carbonyl (C=O) groups excluding carboxylic acids is 2. The zero-order valence-electron chi connectivity index (χ0n) is 29.3. The molecule has 15 heteroatoms. The lowest BCUT2D eigenvalue weighted by Crippen LogP contribution is -2.60. The minimum Gasteiger partial charge on any atom is -0.490 e. The number of nitrogens with one attached hydrogen (secondary N) is 2. The number of piperazine rings is 1. The predicted octanol–water partition coefficient (Wildman–Crippen LogP) is 2.87. The third-order valence-corrected chi connectivity index (χ3v) is 9.62. The second-order valence-corrected chi connectivity index (χ2v) is 13.7. The van der Waals surface area contributed by atoms with Gasteiger partial charge in [-0.15, -0.1) is 0 Å². The molecule has 2 aromatic carbocycles. The van der Waals surface area contributed by atoms with Gasteiger partial charge in [0.15, 0.2) is 0 Å². The first-order valence-electron chi connectivity index (χ1n) is 17.6. The first-order chi connectivity index (χ1) is 25.4. The smallest absolute Gasteiger partial charge is 0.405 e. The van der Waals surface area contributed by atoms with Crippen molar-refractivity contribution in [3.63, 3.8) is 0 Å².